The summed E-state index contributed by atoms with van der Waals surface area (Å²) in [7, 11) is 0. The van der Waals surface area contributed by atoms with Gasteiger partial charge in [0.05, 0.1) is 16.7 Å². The SMILES string of the molecule is O=C(c1ccccc1)c1cc(C(=O)c2ccc(F)cc2)n2c1ccc1ccccc12. The van der Waals surface area contributed by atoms with Crippen molar-refractivity contribution in [2.45, 2.75) is 0 Å². The maximum atomic E-state index is 13.4. The highest BCUT2D eigenvalue weighted by atomic mass is 19.1. The molecule has 0 amide bonds. The first-order valence-corrected chi connectivity index (χ1v) is 9.57. The number of pyridine rings is 1. The second kappa shape index (κ2) is 7.08. The molecule has 5 aromatic rings. The Hall–Kier alpha value is -4.05. The molecular formula is C26H16FNO2. The third-order valence-electron chi connectivity index (χ3n) is 5.26. The van der Waals surface area contributed by atoms with Crippen LogP contribution in [0.15, 0.2) is 97.1 Å². The summed E-state index contributed by atoms with van der Waals surface area (Å²) in [5.41, 5.74) is 3.23. The third-order valence-corrected chi connectivity index (χ3v) is 5.26. The number of ketones is 2. The van der Waals surface area contributed by atoms with Gasteiger partial charge in [0.2, 0.25) is 5.78 Å². The quantitative estimate of drug-likeness (QED) is 0.368. The lowest BCUT2D eigenvalue weighted by Gasteiger charge is -2.08. The van der Waals surface area contributed by atoms with Gasteiger partial charge in [-0.2, -0.15) is 0 Å². The maximum absolute atomic E-state index is 13.4. The molecule has 0 radical (unpaired) electrons. The zero-order valence-electron chi connectivity index (χ0n) is 15.9. The lowest BCUT2D eigenvalue weighted by Crippen LogP contribution is -2.05. The van der Waals surface area contributed by atoms with Gasteiger partial charge < -0.3 is 4.40 Å². The number of aromatic nitrogens is 1. The van der Waals surface area contributed by atoms with Crippen LogP contribution < -0.4 is 0 Å². The van der Waals surface area contributed by atoms with Crippen LogP contribution in [0.2, 0.25) is 0 Å². The van der Waals surface area contributed by atoms with Crippen molar-refractivity contribution in [3.05, 3.63) is 125 Å². The van der Waals surface area contributed by atoms with E-state index in [9.17, 15) is 14.0 Å². The molecule has 0 saturated heterocycles. The number of benzene rings is 3. The minimum absolute atomic E-state index is 0.151. The van der Waals surface area contributed by atoms with Crippen molar-refractivity contribution in [3.8, 4) is 0 Å². The molecule has 0 unspecified atom stereocenters. The number of halogens is 1. The molecule has 3 aromatic carbocycles. The fourth-order valence-corrected chi connectivity index (χ4v) is 3.79. The first kappa shape index (κ1) is 18.0. The monoisotopic (exact) mass is 393 g/mol. The summed E-state index contributed by atoms with van der Waals surface area (Å²) in [6.45, 7) is 0. The lowest BCUT2D eigenvalue weighted by atomic mass is 10.0. The number of para-hydroxylation sites is 1. The molecule has 2 aromatic heterocycles. The van der Waals surface area contributed by atoms with Crippen molar-refractivity contribution in [2.24, 2.45) is 0 Å². The summed E-state index contributed by atoms with van der Waals surface area (Å²) in [6, 6.07) is 27.6. The van der Waals surface area contributed by atoms with Gasteiger partial charge in [0.1, 0.15) is 5.82 Å². The van der Waals surface area contributed by atoms with Crippen LogP contribution in [0, 0.1) is 5.82 Å². The first-order valence-electron chi connectivity index (χ1n) is 9.57. The lowest BCUT2D eigenvalue weighted by molar-refractivity contribution is 0.103. The molecule has 0 aliphatic carbocycles. The van der Waals surface area contributed by atoms with E-state index in [4.69, 9.17) is 0 Å². The van der Waals surface area contributed by atoms with Gasteiger partial charge in [-0.15, -0.1) is 0 Å². The van der Waals surface area contributed by atoms with Crippen LogP contribution in [0.5, 0.6) is 0 Å². The molecule has 0 fully saturated rings. The van der Waals surface area contributed by atoms with E-state index in [1.54, 1.807) is 18.2 Å². The zero-order valence-corrected chi connectivity index (χ0v) is 15.9. The van der Waals surface area contributed by atoms with Gasteiger partial charge >= 0.3 is 0 Å². The average molecular weight is 393 g/mol. The molecule has 0 spiro atoms. The van der Waals surface area contributed by atoms with Crippen LogP contribution in [-0.2, 0) is 0 Å². The predicted octanol–water partition coefficient (Wildman–Crippen LogP) is 5.69. The summed E-state index contributed by atoms with van der Waals surface area (Å²) >= 11 is 0. The second-order valence-electron chi connectivity index (χ2n) is 7.09. The van der Waals surface area contributed by atoms with Crippen LogP contribution in [-0.4, -0.2) is 16.0 Å². The number of fused-ring (bicyclic) bond motifs is 3. The Morgan fingerprint density at radius 1 is 0.633 bits per heavy atom. The molecule has 0 aliphatic rings. The van der Waals surface area contributed by atoms with E-state index in [0.29, 0.717) is 27.9 Å². The first-order chi connectivity index (χ1) is 14.6. The van der Waals surface area contributed by atoms with Crippen LogP contribution in [0.4, 0.5) is 4.39 Å². The highest BCUT2D eigenvalue weighted by molar-refractivity contribution is 6.17. The van der Waals surface area contributed by atoms with Gasteiger partial charge in [0.25, 0.3) is 0 Å². The van der Waals surface area contributed by atoms with Crippen molar-refractivity contribution in [3.63, 3.8) is 0 Å². The van der Waals surface area contributed by atoms with E-state index in [0.717, 1.165) is 10.9 Å². The molecule has 4 heteroatoms. The molecule has 5 rings (SSSR count). The summed E-state index contributed by atoms with van der Waals surface area (Å²) in [5, 5.41) is 0.951. The van der Waals surface area contributed by atoms with E-state index >= 15 is 0 Å². The van der Waals surface area contributed by atoms with Gasteiger partial charge in [-0.05, 0) is 47.9 Å². The molecule has 0 atom stereocenters. The minimum atomic E-state index is -0.406. The molecule has 2 heterocycles. The van der Waals surface area contributed by atoms with Crippen LogP contribution in [0.3, 0.4) is 0 Å². The second-order valence-corrected chi connectivity index (χ2v) is 7.09. The van der Waals surface area contributed by atoms with Gasteiger partial charge in [0.15, 0.2) is 5.78 Å². The van der Waals surface area contributed by atoms with Crippen LogP contribution >= 0.6 is 0 Å². The Bertz CT molecular complexity index is 1420. The highest BCUT2D eigenvalue weighted by Crippen LogP contribution is 2.27. The average Bonchev–Trinajstić information content (AvgIpc) is 3.19. The summed E-state index contributed by atoms with van der Waals surface area (Å²) in [4.78, 5) is 26.6. The van der Waals surface area contributed by atoms with E-state index < -0.39 is 5.82 Å². The molecule has 144 valence electrons. The summed E-state index contributed by atoms with van der Waals surface area (Å²) in [5.74, 6) is -0.827. The van der Waals surface area contributed by atoms with Crippen molar-refractivity contribution in [2.75, 3.05) is 0 Å². The normalized spacial score (nSPS) is 11.1. The topological polar surface area (TPSA) is 38.5 Å². The Morgan fingerprint density at radius 2 is 1.30 bits per heavy atom. The Kier molecular flexibility index (Phi) is 4.25. The minimum Gasteiger partial charge on any atom is -0.305 e. The van der Waals surface area contributed by atoms with Crippen molar-refractivity contribution in [1.29, 1.82) is 0 Å². The van der Waals surface area contributed by atoms with Crippen molar-refractivity contribution >= 4 is 28.0 Å². The van der Waals surface area contributed by atoms with Crippen LogP contribution in [0.25, 0.3) is 16.4 Å². The molecule has 0 N–H and O–H groups in total. The molecule has 0 aliphatic heterocycles. The Balaban J connectivity index is 1.79. The molecule has 30 heavy (non-hydrogen) atoms. The number of rotatable bonds is 4. The zero-order chi connectivity index (χ0) is 20.7. The fraction of sp³-hybridized carbons (Fsp3) is 0. The van der Waals surface area contributed by atoms with Gasteiger partial charge in [-0.3, -0.25) is 9.59 Å². The van der Waals surface area contributed by atoms with Crippen LogP contribution in [0.1, 0.15) is 32.0 Å². The summed E-state index contributed by atoms with van der Waals surface area (Å²) < 4.78 is 15.2. The van der Waals surface area contributed by atoms with Crippen molar-refractivity contribution in [1.82, 2.24) is 4.40 Å². The van der Waals surface area contributed by atoms with E-state index in [1.807, 2.05) is 59.0 Å². The number of nitrogens with zero attached hydrogens (tertiary/aromatic N) is 1. The summed E-state index contributed by atoms with van der Waals surface area (Å²) in [6.07, 6.45) is 0. The smallest absolute Gasteiger partial charge is 0.209 e. The molecular weight excluding hydrogens is 377 g/mol. The number of hydrogen-bond acceptors (Lipinski definition) is 2. The Morgan fingerprint density at radius 3 is 2.07 bits per heavy atom. The standard InChI is InChI=1S/C26H16FNO2/c27-20-13-10-19(11-14-20)26(30)24-16-21(25(29)18-7-2-1-3-8-18)23-15-12-17-6-4-5-9-22(17)28(23)24/h1-16H. The molecule has 0 saturated carbocycles. The van der Waals surface area contributed by atoms with E-state index in [-0.39, 0.29) is 11.6 Å². The Labute approximate surface area is 172 Å². The predicted molar refractivity (Wildman–Crippen MR) is 115 cm³/mol. The number of carbonyl (C=O) groups is 2. The van der Waals surface area contributed by atoms with Crippen molar-refractivity contribution < 1.29 is 14.0 Å². The number of hydrogen-bond donors (Lipinski definition) is 0. The highest BCUT2D eigenvalue weighted by Gasteiger charge is 2.22. The van der Waals surface area contributed by atoms with E-state index in [2.05, 4.69) is 0 Å². The molecule has 3 nitrogen and oxygen atoms in total. The van der Waals surface area contributed by atoms with Gasteiger partial charge in [-0.25, -0.2) is 4.39 Å². The van der Waals surface area contributed by atoms with E-state index in [1.165, 1.54) is 24.3 Å². The fourth-order valence-electron chi connectivity index (χ4n) is 3.79. The largest absolute Gasteiger partial charge is 0.305 e. The number of carbonyl (C=O) groups excluding carboxylic acids is 2. The van der Waals surface area contributed by atoms with Gasteiger partial charge in [0, 0.05) is 16.7 Å². The third kappa shape index (κ3) is 2.90. The maximum Gasteiger partial charge on any atom is 0.209 e. The van der Waals surface area contributed by atoms with Gasteiger partial charge in [-0.1, -0.05) is 54.6 Å². The molecule has 0 bridgehead atoms.